The molecule has 1 heterocycles. The summed E-state index contributed by atoms with van der Waals surface area (Å²) in [5, 5.41) is 22.6. The van der Waals surface area contributed by atoms with Crippen molar-refractivity contribution in [1.29, 1.82) is 0 Å². The summed E-state index contributed by atoms with van der Waals surface area (Å²) in [6.07, 6.45) is 1.05. The Morgan fingerprint density at radius 1 is 1.38 bits per heavy atom. The van der Waals surface area contributed by atoms with Crippen LogP contribution in [0, 0.1) is 17.0 Å². The van der Waals surface area contributed by atoms with Gasteiger partial charge in [0.15, 0.2) is 5.75 Å². The van der Waals surface area contributed by atoms with E-state index in [1.54, 1.807) is 19.9 Å². The average Bonchev–Trinajstić information content (AvgIpc) is 2.58. The number of nitro groups is 1. The van der Waals surface area contributed by atoms with Crippen molar-refractivity contribution >= 4 is 17.9 Å². The summed E-state index contributed by atoms with van der Waals surface area (Å²) < 4.78 is 10.7. The molecule has 0 unspecified atom stereocenters. The van der Waals surface area contributed by atoms with E-state index >= 15 is 0 Å². The van der Waals surface area contributed by atoms with Crippen molar-refractivity contribution < 1.29 is 14.4 Å². The fourth-order valence-corrected chi connectivity index (χ4v) is 1.94. The first kappa shape index (κ1) is 18.8. The van der Waals surface area contributed by atoms with Crippen LogP contribution in [0.4, 0.5) is 11.6 Å². The Morgan fingerprint density at radius 3 is 2.69 bits per heavy atom. The number of methoxy groups -OCH3 is 1. The van der Waals surface area contributed by atoms with Gasteiger partial charge >= 0.3 is 5.69 Å². The molecular formula is C15H18N6O5. The van der Waals surface area contributed by atoms with E-state index in [-0.39, 0.29) is 34.9 Å². The van der Waals surface area contributed by atoms with Gasteiger partial charge in [-0.05, 0) is 26.8 Å². The van der Waals surface area contributed by atoms with Gasteiger partial charge in [-0.3, -0.25) is 19.9 Å². The third-order valence-corrected chi connectivity index (χ3v) is 3.07. The maximum atomic E-state index is 11.4. The molecule has 11 heteroatoms. The number of hydrogen-bond donors (Lipinski definition) is 2. The van der Waals surface area contributed by atoms with Crippen molar-refractivity contribution in [1.82, 2.24) is 15.2 Å². The van der Waals surface area contributed by atoms with Gasteiger partial charge in [-0.25, -0.2) is 5.43 Å². The number of aromatic amines is 1. The van der Waals surface area contributed by atoms with Gasteiger partial charge in [0.2, 0.25) is 11.7 Å². The van der Waals surface area contributed by atoms with Crippen molar-refractivity contribution in [3.05, 3.63) is 43.9 Å². The molecule has 0 fully saturated rings. The van der Waals surface area contributed by atoms with E-state index in [1.807, 2.05) is 0 Å². The van der Waals surface area contributed by atoms with E-state index in [4.69, 9.17) is 9.47 Å². The Labute approximate surface area is 148 Å². The molecule has 0 amide bonds. The molecule has 26 heavy (non-hydrogen) atoms. The summed E-state index contributed by atoms with van der Waals surface area (Å²) in [4.78, 5) is 24.7. The van der Waals surface area contributed by atoms with E-state index in [1.165, 1.54) is 26.3 Å². The summed E-state index contributed by atoms with van der Waals surface area (Å²) in [6, 6.07) is 2.84. The molecular weight excluding hydrogens is 344 g/mol. The molecule has 0 saturated carbocycles. The third kappa shape index (κ3) is 4.53. The molecule has 0 atom stereocenters. The van der Waals surface area contributed by atoms with Crippen molar-refractivity contribution in [3.63, 3.8) is 0 Å². The van der Waals surface area contributed by atoms with E-state index in [9.17, 15) is 14.9 Å². The molecule has 2 N–H and O–H groups in total. The molecule has 0 saturated heterocycles. The number of aryl methyl sites for hydroxylation is 1. The predicted molar refractivity (Wildman–Crippen MR) is 94.0 cm³/mol. The van der Waals surface area contributed by atoms with Crippen LogP contribution in [0.1, 0.15) is 25.1 Å². The van der Waals surface area contributed by atoms with Gasteiger partial charge in [0, 0.05) is 11.6 Å². The lowest BCUT2D eigenvalue weighted by Gasteiger charge is -2.14. The zero-order valence-electron chi connectivity index (χ0n) is 14.6. The number of aromatic nitrogens is 3. The normalized spacial score (nSPS) is 11.0. The smallest absolute Gasteiger partial charge is 0.315 e. The average molecular weight is 362 g/mol. The van der Waals surface area contributed by atoms with Crippen LogP contribution in [0.5, 0.6) is 11.5 Å². The van der Waals surface area contributed by atoms with Crippen LogP contribution in [0.25, 0.3) is 0 Å². The number of hydrogen-bond acceptors (Lipinski definition) is 9. The molecule has 1 aromatic carbocycles. The lowest BCUT2D eigenvalue weighted by Crippen LogP contribution is -2.15. The topological polar surface area (TPSA) is 145 Å². The molecule has 2 rings (SSSR count). The Bertz CT molecular complexity index is 893. The van der Waals surface area contributed by atoms with Gasteiger partial charge in [0.25, 0.3) is 5.56 Å². The Hall–Kier alpha value is -3.50. The first-order valence-electron chi connectivity index (χ1n) is 7.57. The number of hydrazone groups is 1. The molecule has 2 aromatic rings. The highest BCUT2D eigenvalue weighted by Gasteiger charge is 2.22. The van der Waals surface area contributed by atoms with Gasteiger partial charge in [-0.2, -0.15) is 5.10 Å². The third-order valence-electron chi connectivity index (χ3n) is 3.07. The zero-order chi connectivity index (χ0) is 19.3. The Kier molecular flexibility index (Phi) is 5.83. The molecule has 138 valence electrons. The minimum atomic E-state index is -0.562. The molecule has 0 bridgehead atoms. The van der Waals surface area contributed by atoms with Crippen molar-refractivity contribution in [2.75, 3.05) is 12.5 Å². The summed E-state index contributed by atoms with van der Waals surface area (Å²) in [7, 11) is 1.39. The summed E-state index contributed by atoms with van der Waals surface area (Å²) >= 11 is 0. The number of nitrogens with zero attached hydrogens (tertiary/aromatic N) is 4. The minimum Gasteiger partial charge on any atom is -0.493 e. The molecule has 0 aliphatic carbocycles. The molecule has 0 aliphatic heterocycles. The second-order valence-electron chi connectivity index (χ2n) is 5.45. The van der Waals surface area contributed by atoms with Crippen LogP contribution in [0.3, 0.4) is 0 Å². The fraction of sp³-hybridized carbons (Fsp3) is 0.333. The number of nitro benzene ring substituents is 1. The van der Waals surface area contributed by atoms with Crippen LogP contribution in [-0.2, 0) is 0 Å². The molecule has 1 aromatic heterocycles. The highest BCUT2D eigenvalue weighted by molar-refractivity contribution is 5.83. The number of benzene rings is 1. The number of nitrogens with one attached hydrogen (secondary N) is 2. The highest BCUT2D eigenvalue weighted by atomic mass is 16.6. The molecule has 0 spiro atoms. The maximum Gasteiger partial charge on any atom is 0.315 e. The summed E-state index contributed by atoms with van der Waals surface area (Å²) in [5.74, 6) is 0.294. The largest absolute Gasteiger partial charge is 0.493 e. The fourth-order valence-electron chi connectivity index (χ4n) is 1.94. The molecule has 0 aliphatic rings. The summed E-state index contributed by atoms with van der Waals surface area (Å²) in [5.41, 5.74) is 2.46. The van der Waals surface area contributed by atoms with Crippen molar-refractivity contribution in [2.24, 2.45) is 5.10 Å². The predicted octanol–water partition coefficient (Wildman–Crippen LogP) is 1.62. The van der Waals surface area contributed by atoms with Crippen molar-refractivity contribution in [2.45, 2.75) is 26.9 Å². The van der Waals surface area contributed by atoms with Gasteiger partial charge < -0.3 is 9.47 Å². The number of anilines is 1. The lowest BCUT2D eigenvalue weighted by atomic mass is 10.2. The van der Waals surface area contributed by atoms with E-state index in [0.29, 0.717) is 5.56 Å². The highest BCUT2D eigenvalue weighted by Crippen LogP contribution is 2.38. The van der Waals surface area contributed by atoms with E-state index in [0.717, 1.165) is 0 Å². The number of rotatable bonds is 7. The number of H-pyrrole nitrogens is 1. The standard InChI is InChI=1S/C15H18N6O5/c1-8(2)26-13-11(21(23)24)5-10(6-12(13)25-4)7-16-19-15-17-14(22)9(3)18-20-15/h5-8H,1-4H3,(H2,17,19,20,22)/b16-7+. The van der Waals surface area contributed by atoms with Gasteiger partial charge in [-0.1, -0.05) is 0 Å². The SMILES string of the molecule is COc1cc(/C=N/Nc2nnc(C)c(=O)[nH]2)cc([N+](=O)[O-])c1OC(C)C. The van der Waals surface area contributed by atoms with Crippen LogP contribution in [-0.4, -0.2) is 39.5 Å². The first-order chi connectivity index (χ1) is 12.3. The quantitative estimate of drug-likeness (QED) is 0.429. The zero-order valence-corrected chi connectivity index (χ0v) is 14.6. The molecule has 11 nitrogen and oxygen atoms in total. The number of ether oxygens (including phenoxy) is 2. The minimum absolute atomic E-state index is 0.0399. The lowest BCUT2D eigenvalue weighted by molar-refractivity contribution is -0.386. The van der Waals surface area contributed by atoms with Crippen molar-refractivity contribution in [3.8, 4) is 11.5 Å². The second kappa shape index (κ2) is 8.05. The Balaban J connectivity index is 2.31. The molecule has 0 radical (unpaired) electrons. The van der Waals surface area contributed by atoms with Gasteiger partial charge in [-0.15, -0.1) is 10.2 Å². The van der Waals surface area contributed by atoms with E-state index < -0.39 is 10.5 Å². The summed E-state index contributed by atoms with van der Waals surface area (Å²) in [6.45, 7) is 5.03. The van der Waals surface area contributed by atoms with Crippen LogP contribution in [0.2, 0.25) is 0 Å². The van der Waals surface area contributed by atoms with Gasteiger partial charge in [0.05, 0.1) is 24.4 Å². The van der Waals surface area contributed by atoms with Crippen LogP contribution >= 0.6 is 0 Å². The maximum absolute atomic E-state index is 11.4. The van der Waals surface area contributed by atoms with Gasteiger partial charge in [0.1, 0.15) is 5.69 Å². The van der Waals surface area contributed by atoms with Crippen LogP contribution < -0.4 is 20.5 Å². The van der Waals surface area contributed by atoms with E-state index in [2.05, 4.69) is 25.7 Å². The second-order valence-corrected chi connectivity index (χ2v) is 5.45. The first-order valence-corrected chi connectivity index (χ1v) is 7.57. The van der Waals surface area contributed by atoms with Crippen LogP contribution in [0.15, 0.2) is 22.0 Å². The monoisotopic (exact) mass is 362 g/mol. The Morgan fingerprint density at radius 2 is 2.12 bits per heavy atom.